The lowest BCUT2D eigenvalue weighted by molar-refractivity contribution is -0.142. The van der Waals surface area contributed by atoms with Gasteiger partial charge in [-0.25, -0.2) is 0 Å². The number of phenolic OH excluding ortho intramolecular Hbond substituents is 1. The highest BCUT2D eigenvalue weighted by Crippen LogP contribution is 2.20. The highest BCUT2D eigenvalue weighted by molar-refractivity contribution is 6.06. The maximum absolute atomic E-state index is 12.0. The molecule has 3 N–H and O–H groups in total. The SMILES string of the molecule is CCOC(=O)CCN/C=C(/C#N)C(=O)Nc1ccc(O)cc1C. The molecule has 0 saturated heterocycles. The molecular weight excluding hydrogens is 298 g/mol. The van der Waals surface area contributed by atoms with E-state index in [1.165, 1.54) is 18.3 Å². The highest BCUT2D eigenvalue weighted by atomic mass is 16.5. The standard InChI is InChI=1S/C16H19N3O4/c1-3-23-15(21)6-7-18-10-12(9-17)16(22)19-14-5-4-13(20)8-11(14)2/h4-5,8,10,18,20H,3,6-7H2,1-2H3,(H,19,22)/b12-10-. The average molecular weight is 317 g/mol. The summed E-state index contributed by atoms with van der Waals surface area (Å²) in [5.41, 5.74) is 1.05. The number of phenols is 1. The van der Waals surface area contributed by atoms with Gasteiger partial charge in [0.05, 0.1) is 13.0 Å². The number of carbonyl (C=O) groups excluding carboxylic acids is 2. The number of nitriles is 1. The number of rotatable bonds is 7. The van der Waals surface area contributed by atoms with Crippen LogP contribution in [0.5, 0.6) is 5.75 Å². The molecule has 1 aromatic rings. The number of nitrogens with zero attached hydrogens (tertiary/aromatic N) is 1. The first kappa shape index (κ1) is 18.0. The van der Waals surface area contributed by atoms with Gasteiger partial charge in [-0.15, -0.1) is 0 Å². The number of ether oxygens (including phenoxy) is 1. The highest BCUT2D eigenvalue weighted by Gasteiger charge is 2.11. The molecule has 0 aliphatic carbocycles. The molecule has 7 heteroatoms. The van der Waals surface area contributed by atoms with E-state index in [2.05, 4.69) is 10.6 Å². The molecule has 0 atom stereocenters. The lowest BCUT2D eigenvalue weighted by Crippen LogP contribution is -2.19. The van der Waals surface area contributed by atoms with E-state index in [-0.39, 0.29) is 30.3 Å². The summed E-state index contributed by atoms with van der Waals surface area (Å²) in [5, 5.41) is 23.7. The van der Waals surface area contributed by atoms with Crippen molar-refractivity contribution in [3.05, 3.63) is 35.5 Å². The molecule has 0 unspecified atom stereocenters. The molecule has 0 aromatic heterocycles. The Morgan fingerprint density at radius 3 is 2.78 bits per heavy atom. The number of anilines is 1. The van der Waals surface area contributed by atoms with Crippen LogP contribution in [0.2, 0.25) is 0 Å². The van der Waals surface area contributed by atoms with E-state index in [0.717, 1.165) is 0 Å². The monoisotopic (exact) mass is 317 g/mol. The fourth-order valence-corrected chi connectivity index (χ4v) is 1.71. The van der Waals surface area contributed by atoms with Crippen LogP contribution in [-0.2, 0) is 14.3 Å². The summed E-state index contributed by atoms with van der Waals surface area (Å²) in [6.07, 6.45) is 1.39. The van der Waals surface area contributed by atoms with Crippen LogP contribution in [0.3, 0.4) is 0 Å². The third kappa shape index (κ3) is 6.09. The minimum absolute atomic E-state index is 0.0946. The van der Waals surface area contributed by atoms with Crippen molar-refractivity contribution in [3.63, 3.8) is 0 Å². The first-order valence-electron chi connectivity index (χ1n) is 7.08. The molecular formula is C16H19N3O4. The summed E-state index contributed by atoms with van der Waals surface area (Å²) in [6, 6.07) is 6.28. The van der Waals surface area contributed by atoms with Crippen LogP contribution in [0.25, 0.3) is 0 Å². The molecule has 1 rings (SSSR count). The lowest BCUT2D eigenvalue weighted by atomic mass is 10.2. The third-order valence-corrected chi connectivity index (χ3v) is 2.85. The van der Waals surface area contributed by atoms with Gasteiger partial charge in [0.1, 0.15) is 17.4 Å². The van der Waals surface area contributed by atoms with E-state index in [0.29, 0.717) is 17.9 Å². The number of aryl methyl sites for hydroxylation is 1. The molecule has 7 nitrogen and oxygen atoms in total. The van der Waals surface area contributed by atoms with Crippen LogP contribution in [0.15, 0.2) is 30.0 Å². The van der Waals surface area contributed by atoms with E-state index >= 15 is 0 Å². The minimum atomic E-state index is -0.579. The van der Waals surface area contributed by atoms with Crippen LogP contribution in [0, 0.1) is 18.3 Å². The summed E-state index contributed by atoms with van der Waals surface area (Å²) in [5.74, 6) is -0.835. The number of benzene rings is 1. The number of carbonyl (C=O) groups is 2. The van der Waals surface area contributed by atoms with Gasteiger partial charge in [0.2, 0.25) is 0 Å². The molecule has 0 saturated carbocycles. The van der Waals surface area contributed by atoms with Crippen LogP contribution < -0.4 is 10.6 Å². The van der Waals surface area contributed by atoms with Crippen molar-refractivity contribution < 1.29 is 19.4 Å². The Bertz CT molecular complexity index is 647. The molecule has 0 aliphatic heterocycles. The Kier molecular flexibility index (Phi) is 7.14. The van der Waals surface area contributed by atoms with Gasteiger partial charge >= 0.3 is 5.97 Å². The molecule has 0 spiro atoms. The molecule has 0 aliphatic rings. The van der Waals surface area contributed by atoms with Crippen molar-refractivity contribution >= 4 is 17.6 Å². The second-order valence-electron chi connectivity index (χ2n) is 4.63. The van der Waals surface area contributed by atoms with Gasteiger partial charge in [0.25, 0.3) is 5.91 Å². The normalized spacial score (nSPS) is 10.6. The lowest BCUT2D eigenvalue weighted by Gasteiger charge is -2.08. The van der Waals surface area contributed by atoms with Crippen LogP contribution in [0.4, 0.5) is 5.69 Å². The Labute approximate surface area is 134 Å². The third-order valence-electron chi connectivity index (χ3n) is 2.85. The largest absolute Gasteiger partial charge is 0.508 e. The molecule has 0 heterocycles. The van der Waals surface area contributed by atoms with Crippen molar-refractivity contribution in [3.8, 4) is 11.8 Å². The van der Waals surface area contributed by atoms with Crippen molar-refractivity contribution in [1.29, 1.82) is 5.26 Å². The van der Waals surface area contributed by atoms with E-state index < -0.39 is 5.91 Å². The van der Waals surface area contributed by atoms with Crippen molar-refractivity contribution in [2.75, 3.05) is 18.5 Å². The zero-order valence-corrected chi connectivity index (χ0v) is 13.0. The smallest absolute Gasteiger partial charge is 0.307 e. The maximum Gasteiger partial charge on any atom is 0.307 e. The number of hydrogen-bond acceptors (Lipinski definition) is 6. The summed E-state index contributed by atoms with van der Waals surface area (Å²) >= 11 is 0. The Balaban J connectivity index is 2.59. The van der Waals surface area contributed by atoms with E-state index in [1.807, 2.05) is 0 Å². The summed E-state index contributed by atoms with van der Waals surface area (Å²) in [4.78, 5) is 23.2. The molecule has 1 amide bonds. The molecule has 0 bridgehead atoms. The predicted molar refractivity (Wildman–Crippen MR) is 84.4 cm³/mol. The Morgan fingerprint density at radius 1 is 1.43 bits per heavy atom. The van der Waals surface area contributed by atoms with Crippen LogP contribution >= 0.6 is 0 Å². The van der Waals surface area contributed by atoms with Crippen molar-refractivity contribution in [2.24, 2.45) is 0 Å². The molecule has 1 aromatic carbocycles. The second kappa shape index (κ2) is 9.10. The zero-order valence-electron chi connectivity index (χ0n) is 13.0. The first-order valence-corrected chi connectivity index (χ1v) is 7.08. The van der Waals surface area contributed by atoms with E-state index in [4.69, 9.17) is 10.00 Å². The fourth-order valence-electron chi connectivity index (χ4n) is 1.71. The number of aromatic hydroxyl groups is 1. The fraction of sp³-hybridized carbons (Fsp3) is 0.312. The predicted octanol–water partition coefficient (Wildman–Crippen LogP) is 1.59. The topological polar surface area (TPSA) is 111 Å². The average Bonchev–Trinajstić information content (AvgIpc) is 2.50. The molecule has 0 radical (unpaired) electrons. The molecule has 23 heavy (non-hydrogen) atoms. The maximum atomic E-state index is 12.0. The van der Waals surface area contributed by atoms with Crippen LogP contribution in [-0.4, -0.2) is 30.1 Å². The molecule has 122 valence electrons. The zero-order chi connectivity index (χ0) is 17.2. The summed E-state index contributed by atoms with van der Waals surface area (Å²) in [7, 11) is 0. The van der Waals surface area contributed by atoms with Gasteiger partial charge in [-0.05, 0) is 37.6 Å². The van der Waals surface area contributed by atoms with Crippen LogP contribution in [0.1, 0.15) is 18.9 Å². The van der Waals surface area contributed by atoms with Crippen molar-refractivity contribution in [2.45, 2.75) is 20.3 Å². The van der Waals surface area contributed by atoms with E-state index in [1.54, 1.807) is 26.0 Å². The Hall–Kier alpha value is -3.01. The summed E-state index contributed by atoms with van der Waals surface area (Å²) in [6.45, 7) is 4.01. The minimum Gasteiger partial charge on any atom is -0.508 e. The molecule has 0 fully saturated rings. The van der Waals surface area contributed by atoms with Gasteiger partial charge in [0.15, 0.2) is 0 Å². The van der Waals surface area contributed by atoms with Gasteiger partial charge in [-0.2, -0.15) is 5.26 Å². The van der Waals surface area contributed by atoms with Gasteiger partial charge < -0.3 is 20.5 Å². The second-order valence-corrected chi connectivity index (χ2v) is 4.63. The number of nitrogens with one attached hydrogen (secondary N) is 2. The van der Waals surface area contributed by atoms with E-state index in [9.17, 15) is 14.7 Å². The van der Waals surface area contributed by atoms with Gasteiger partial charge in [-0.3, -0.25) is 9.59 Å². The van der Waals surface area contributed by atoms with Gasteiger partial charge in [-0.1, -0.05) is 0 Å². The Morgan fingerprint density at radius 2 is 2.17 bits per heavy atom. The number of amides is 1. The summed E-state index contributed by atoms with van der Waals surface area (Å²) < 4.78 is 4.76. The first-order chi connectivity index (χ1) is 11.0. The number of hydrogen-bond donors (Lipinski definition) is 3. The van der Waals surface area contributed by atoms with Crippen molar-refractivity contribution in [1.82, 2.24) is 5.32 Å². The quantitative estimate of drug-likeness (QED) is 0.231. The number of esters is 1. The van der Waals surface area contributed by atoms with Gasteiger partial charge in [0, 0.05) is 18.4 Å².